The number of carbonyl (C=O) groups is 3. The molecule has 2 saturated heterocycles. The molecular formula is C29H30N8O4S. The topological polar surface area (TPSA) is 148 Å². The van der Waals surface area contributed by atoms with Crippen molar-refractivity contribution < 1.29 is 19.5 Å². The van der Waals surface area contributed by atoms with Gasteiger partial charge in [-0.2, -0.15) is 5.01 Å². The fraction of sp³-hybridized carbons (Fsp3) is 0.276. The van der Waals surface area contributed by atoms with E-state index in [0.717, 1.165) is 21.3 Å². The summed E-state index contributed by atoms with van der Waals surface area (Å²) in [5.74, 6) is -0.475. The number of anilines is 1. The third-order valence-electron chi connectivity index (χ3n) is 7.62. The van der Waals surface area contributed by atoms with Gasteiger partial charge in [0, 0.05) is 32.3 Å². The Bertz CT molecular complexity index is 1630. The lowest BCUT2D eigenvalue weighted by Gasteiger charge is -2.45. The molecule has 2 atom stereocenters. The Labute approximate surface area is 245 Å². The van der Waals surface area contributed by atoms with Crippen LogP contribution >= 0.6 is 11.3 Å². The number of nitrogen functional groups attached to an aromatic ring is 1. The average Bonchev–Trinajstić information content (AvgIpc) is 3.54. The number of aromatic nitrogens is 2. The maximum Gasteiger partial charge on any atom is 0.332 e. The van der Waals surface area contributed by atoms with Crippen LogP contribution in [0.3, 0.4) is 0 Å². The SMILES string of the molecule is CN(C(=O)NCc1ccccc1)N1CC(=O)N2[C@@H](Cc3ccc(O)cn3)C(=O)N(Cc3cccc4sc(N)nc34)C[C@@H]21. The number of benzene rings is 2. The minimum atomic E-state index is -0.848. The molecule has 0 bridgehead atoms. The van der Waals surface area contributed by atoms with Gasteiger partial charge in [0.25, 0.3) is 0 Å². The molecule has 0 unspecified atom stereocenters. The average molecular weight is 587 g/mol. The molecule has 4 heterocycles. The molecule has 2 aliphatic rings. The Morgan fingerprint density at radius 1 is 1.14 bits per heavy atom. The highest BCUT2D eigenvalue weighted by Gasteiger charge is 2.51. The summed E-state index contributed by atoms with van der Waals surface area (Å²) in [5, 5.41) is 16.2. The van der Waals surface area contributed by atoms with E-state index >= 15 is 0 Å². The van der Waals surface area contributed by atoms with Gasteiger partial charge in [0.1, 0.15) is 18.0 Å². The highest BCUT2D eigenvalue weighted by Crippen LogP contribution is 2.32. The minimum absolute atomic E-state index is 0.00965. The number of hydrazine groups is 1. The zero-order valence-corrected chi connectivity index (χ0v) is 23.7. The molecule has 12 nitrogen and oxygen atoms in total. The standard InChI is InChI=1S/C29H30N8O4S/c1-34(29(41)32-13-18-6-3-2-4-7-18)36-17-25(39)37-22(12-20-10-11-21(38)14-31-20)27(40)35(16-24(36)37)15-19-8-5-9-23-26(19)33-28(30)42-23/h2-11,14,22,24,38H,12-13,15-17H2,1H3,(H2,30,33)(H,32,41)/t22-,24+/m0/s1. The summed E-state index contributed by atoms with van der Waals surface area (Å²) in [5.41, 5.74) is 9.06. The number of nitrogens with zero attached hydrogens (tertiary/aromatic N) is 6. The number of rotatable bonds is 7. The minimum Gasteiger partial charge on any atom is -0.506 e. The summed E-state index contributed by atoms with van der Waals surface area (Å²) >= 11 is 1.38. The number of nitrogens with two attached hydrogens (primary N) is 1. The smallest absolute Gasteiger partial charge is 0.332 e. The Morgan fingerprint density at radius 2 is 1.95 bits per heavy atom. The van der Waals surface area contributed by atoms with Crippen LogP contribution in [0.4, 0.5) is 9.93 Å². The molecule has 0 aliphatic carbocycles. The lowest BCUT2D eigenvalue weighted by Crippen LogP contribution is -2.65. The molecule has 0 saturated carbocycles. The number of thiazole rings is 1. The lowest BCUT2D eigenvalue weighted by molar-refractivity contribution is -0.157. The summed E-state index contributed by atoms with van der Waals surface area (Å²) in [6.07, 6.45) is 0.891. The molecule has 0 radical (unpaired) electrons. The van der Waals surface area contributed by atoms with Gasteiger partial charge in [-0.15, -0.1) is 0 Å². The van der Waals surface area contributed by atoms with Crippen molar-refractivity contribution >= 4 is 44.5 Å². The van der Waals surface area contributed by atoms with Gasteiger partial charge >= 0.3 is 6.03 Å². The molecule has 13 heteroatoms. The van der Waals surface area contributed by atoms with Gasteiger partial charge in [-0.05, 0) is 29.3 Å². The van der Waals surface area contributed by atoms with Gasteiger partial charge in [0.05, 0.1) is 29.5 Å². The summed E-state index contributed by atoms with van der Waals surface area (Å²) in [7, 11) is 1.62. The summed E-state index contributed by atoms with van der Waals surface area (Å²) in [6, 6.07) is 17.2. The normalized spacial score (nSPS) is 18.9. The van der Waals surface area contributed by atoms with E-state index in [9.17, 15) is 19.5 Å². The third kappa shape index (κ3) is 5.31. The first-order valence-electron chi connectivity index (χ1n) is 13.5. The van der Waals surface area contributed by atoms with Crippen LogP contribution in [0.25, 0.3) is 10.2 Å². The van der Waals surface area contributed by atoms with E-state index in [1.807, 2.05) is 48.5 Å². The molecule has 4 aromatic rings. The van der Waals surface area contributed by atoms with Crippen molar-refractivity contribution in [2.45, 2.75) is 31.7 Å². The second-order valence-corrected chi connectivity index (χ2v) is 11.4. The number of amides is 4. The zero-order valence-electron chi connectivity index (χ0n) is 22.9. The Hall–Kier alpha value is -4.75. The molecule has 2 aliphatic heterocycles. The number of urea groups is 1. The molecule has 6 rings (SSSR count). The lowest BCUT2D eigenvalue weighted by atomic mass is 10.0. The van der Waals surface area contributed by atoms with E-state index in [1.54, 1.807) is 27.9 Å². The van der Waals surface area contributed by atoms with Crippen LogP contribution in [0, 0.1) is 0 Å². The van der Waals surface area contributed by atoms with E-state index in [2.05, 4.69) is 15.3 Å². The largest absolute Gasteiger partial charge is 0.506 e. The number of carbonyl (C=O) groups excluding carboxylic acids is 3. The van der Waals surface area contributed by atoms with Gasteiger partial charge < -0.3 is 26.0 Å². The molecule has 42 heavy (non-hydrogen) atoms. The second-order valence-electron chi connectivity index (χ2n) is 10.3. The Kier molecular flexibility index (Phi) is 7.35. The van der Waals surface area contributed by atoms with E-state index in [4.69, 9.17) is 5.73 Å². The van der Waals surface area contributed by atoms with Crippen molar-refractivity contribution in [2.24, 2.45) is 0 Å². The fourth-order valence-corrected chi connectivity index (χ4v) is 6.33. The second kappa shape index (κ2) is 11.3. The third-order valence-corrected chi connectivity index (χ3v) is 8.47. The number of para-hydroxylation sites is 1. The van der Waals surface area contributed by atoms with Crippen molar-refractivity contribution in [3.63, 3.8) is 0 Å². The van der Waals surface area contributed by atoms with E-state index in [-0.39, 0.29) is 49.7 Å². The summed E-state index contributed by atoms with van der Waals surface area (Å²) in [4.78, 5) is 52.6. The number of fused-ring (bicyclic) bond motifs is 2. The van der Waals surface area contributed by atoms with Crippen LogP contribution in [-0.4, -0.2) is 85.1 Å². The first kappa shape index (κ1) is 27.4. The Balaban J connectivity index is 1.28. The molecule has 2 fully saturated rings. The number of pyridine rings is 1. The first-order valence-corrected chi connectivity index (χ1v) is 14.3. The number of piperazine rings is 1. The maximum absolute atomic E-state index is 14.0. The van der Waals surface area contributed by atoms with E-state index < -0.39 is 12.2 Å². The molecule has 216 valence electrons. The van der Waals surface area contributed by atoms with Gasteiger partial charge in [0.15, 0.2) is 5.13 Å². The Morgan fingerprint density at radius 3 is 2.71 bits per heavy atom. The van der Waals surface area contributed by atoms with Crippen LogP contribution in [0.2, 0.25) is 0 Å². The molecule has 4 N–H and O–H groups in total. The van der Waals surface area contributed by atoms with Crippen molar-refractivity contribution in [2.75, 3.05) is 25.9 Å². The van der Waals surface area contributed by atoms with Crippen LogP contribution in [-0.2, 0) is 29.1 Å². The number of aromatic hydroxyl groups is 1. The van der Waals surface area contributed by atoms with Crippen molar-refractivity contribution in [3.8, 4) is 5.75 Å². The van der Waals surface area contributed by atoms with Crippen molar-refractivity contribution in [3.05, 3.63) is 83.7 Å². The monoisotopic (exact) mass is 586 g/mol. The first-order chi connectivity index (χ1) is 20.3. The number of nitrogens with one attached hydrogen (secondary N) is 1. The molecular weight excluding hydrogens is 556 g/mol. The van der Waals surface area contributed by atoms with Gasteiger partial charge in [-0.1, -0.05) is 53.8 Å². The van der Waals surface area contributed by atoms with E-state index in [0.29, 0.717) is 17.4 Å². The van der Waals surface area contributed by atoms with Crippen LogP contribution in [0.5, 0.6) is 5.75 Å². The number of hydrogen-bond donors (Lipinski definition) is 3. The molecule has 2 aromatic heterocycles. The number of hydrogen-bond acceptors (Lipinski definition) is 9. The van der Waals surface area contributed by atoms with Gasteiger partial charge in [-0.25, -0.2) is 9.78 Å². The van der Waals surface area contributed by atoms with Crippen LogP contribution in [0.15, 0.2) is 66.9 Å². The quantitative estimate of drug-likeness (QED) is 0.298. The van der Waals surface area contributed by atoms with Crippen molar-refractivity contribution in [1.82, 2.24) is 35.1 Å². The zero-order chi connectivity index (χ0) is 29.4. The maximum atomic E-state index is 14.0. The summed E-state index contributed by atoms with van der Waals surface area (Å²) < 4.78 is 0.924. The van der Waals surface area contributed by atoms with Crippen molar-refractivity contribution in [1.29, 1.82) is 0 Å². The predicted molar refractivity (Wildman–Crippen MR) is 157 cm³/mol. The van der Waals surface area contributed by atoms with Crippen LogP contribution in [0.1, 0.15) is 16.8 Å². The molecule has 2 aromatic carbocycles. The molecule has 4 amide bonds. The molecule has 0 spiro atoms. The highest BCUT2D eigenvalue weighted by atomic mass is 32.1. The highest BCUT2D eigenvalue weighted by molar-refractivity contribution is 7.22. The van der Waals surface area contributed by atoms with Gasteiger partial charge in [-0.3, -0.25) is 19.6 Å². The van der Waals surface area contributed by atoms with Crippen LogP contribution < -0.4 is 11.1 Å². The van der Waals surface area contributed by atoms with E-state index in [1.165, 1.54) is 28.6 Å². The predicted octanol–water partition coefficient (Wildman–Crippen LogP) is 2.16. The summed E-state index contributed by atoms with van der Waals surface area (Å²) in [6.45, 7) is 0.727. The van der Waals surface area contributed by atoms with Gasteiger partial charge in [0.2, 0.25) is 11.8 Å². The fourth-order valence-electron chi connectivity index (χ4n) is 5.55.